The van der Waals surface area contributed by atoms with Crippen molar-refractivity contribution in [2.45, 2.75) is 13.3 Å². The average Bonchev–Trinajstić information content (AvgIpc) is 2.78. The van der Waals surface area contributed by atoms with Gasteiger partial charge in [-0.05, 0) is 64.9 Å². The number of hydrogen-bond donors (Lipinski definition) is 2. The molecule has 0 saturated carbocycles. The fourth-order valence-electron chi connectivity index (χ4n) is 2.32. The minimum absolute atomic E-state index is 0.424. The molecule has 1 aromatic rings. The predicted molar refractivity (Wildman–Crippen MR) is 134 cm³/mol. The molecule has 0 unspecified atom stereocenters. The first-order chi connectivity index (χ1) is 15.2. The monoisotopic (exact) mass is 447 g/mol. The summed E-state index contributed by atoms with van der Waals surface area (Å²) in [6, 6.07) is 9.77. The topological polar surface area (TPSA) is 84.5 Å². The largest absolute Gasteiger partial charge is 0.493 e. The highest BCUT2D eigenvalue weighted by molar-refractivity contribution is 7.99. The molecule has 0 spiro atoms. The highest BCUT2D eigenvalue weighted by Gasteiger charge is 2.08. The Morgan fingerprint density at radius 2 is 2.06 bits per heavy atom. The molecule has 0 amide bonds. The van der Waals surface area contributed by atoms with Crippen molar-refractivity contribution in [2.24, 2.45) is 15.9 Å². The molecule has 1 aromatic carbocycles. The van der Waals surface area contributed by atoms with E-state index in [2.05, 4.69) is 46.7 Å². The van der Waals surface area contributed by atoms with E-state index in [0.717, 1.165) is 30.3 Å². The Morgan fingerprint density at radius 3 is 2.71 bits per heavy atom. The molecule has 0 aromatic heterocycles. The van der Waals surface area contributed by atoms with Crippen LogP contribution >= 0.6 is 11.8 Å². The molecule has 3 N–H and O–H groups in total. The predicted octanol–water partition coefficient (Wildman–Crippen LogP) is 3.16. The van der Waals surface area contributed by atoms with Crippen LogP contribution in [0.2, 0.25) is 0 Å². The van der Waals surface area contributed by atoms with Gasteiger partial charge < -0.3 is 25.4 Å². The highest BCUT2D eigenvalue weighted by atomic mass is 32.2. The van der Waals surface area contributed by atoms with Gasteiger partial charge in [-0.15, -0.1) is 22.0 Å². The lowest BCUT2D eigenvalue weighted by atomic mass is 10.3. The Labute approximate surface area is 191 Å². The molecule has 0 aliphatic carbocycles. The molecule has 7 nitrogen and oxygen atoms in total. The third-order valence-corrected chi connectivity index (χ3v) is 4.79. The van der Waals surface area contributed by atoms with E-state index in [1.807, 2.05) is 37.3 Å². The van der Waals surface area contributed by atoms with Gasteiger partial charge >= 0.3 is 0 Å². The van der Waals surface area contributed by atoms with Crippen molar-refractivity contribution in [3.63, 3.8) is 0 Å². The van der Waals surface area contributed by atoms with Gasteiger partial charge in [0.2, 0.25) is 5.90 Å². The number of thioether (sulfide) groups is 1. The molecule has 1 aliphatic heterocycles. The fraction of sp³-hybridized carbons (Fsp3) is 0.478. The molecule has 31 heavy (non-hydrogen) atoms. The Kier molecular flexibility index (Phi) is 15.9. The van der Waals surface area contributed by atoms with E-state index < -0.39 is 0 Å². The van der Waals surface area contributed by atoms with E-state index in [4.69, 9.17) is 15.2 Å². The van der Waals surface area contributed by atoms with Gasteiger partial charge in [0.1, 0.15) is 18.1 Å². The molecule has 2 rings (SSSR count). The van der Waals surface area contributed by atoms with Gasteiger partial charge in [-0.1, -0.05) is 30.4 Å². The summed E-state index contributed by atoms with van der Waals surface area (Å²) < 4.78 is 11.1. The van der Waals surface area contributed by atoms with E-state index >= 15 is 0 Å². The average molecular weight is 448 g/mol. The lowest BCUT2D eigenvalue weighted by Gasteiger charge is -2.12. The molecule has 172 valence electrons. The molecule has 0 radical (unpaired) electrons. The van der Waals surface area contributed by atoms with E-state index in [1.165, 1.54) is 19.2 Å². The van der Waals surface area contributed by atoms with Gasteiger partial charge in [-0.3, -0.25) is 0 Å². The number of hydrogen-bond acceptors (Lipinski definition) is 8. The third-order valence-electron chi connectivity index (χ3n) is 3.89. The lowest BCUT2D eigenvalue weighted by molar-refractivity contribution is 0.343. The molecule has 0 fully saturated rings. The molecular weight excluding hydrogens is 410 g/mol. The summed E-state index contributed by atoms with van der Waals surface area (Å²) in [5.41, 5.74) is 6.00. The van der Waals surface area contributed by atoms with Crippen LogP contribution in [0.25, 0.3) is 0 Å². The number of nitrogens with zero attached hydrogens (tertiary/aromatic N) is 3. The van der Waals surface area contributed by atoms with Gasteiger partial charge in [0.15, 0.2) is 0 Å². The molecule has 0 saturated heterocycles. The van der Waals surface area contributed by atoms with Gasteiger partial charge in [-0.2, -0.15) is 0 Å². The summed E-state index contributed by atoms with van der Waals surface area (Å²) in [6.45, 7) is 6.41. The number of nitrogens with two attached hydrogens (primary N) is 1. The van der Waals surface area contributed by atoms with Gasteiger partial charge in [-0.25, -0.2) is 0 Å². The minimum atomic E-state index is 0.424. The number of benzene rings is 1. The maximum atomic E-state index is 5.59. The highest BCUT2D eigenvalue weighted by Crippen LogP contribution is 2.10. The molecule has 1 aliphatic rings. The van der Waals surface area contributed by atoms with Gasteiger partial charge in [0.25, 0.3) is 0 Å². The second kappa shape index (κ2) is 18.5. The quantitative estimate of drug-likeness (QED) is 0.357. The van der Waals surface area contributed by atoms with Crippen molar-refractivity contribution in [1.82, 2.24) is 10.2 Å². The third kappa shape index (κ3) is 15.2. The van der Waals surface area contributed by atoms with Crippen molar-refractivity contribution in [3.05, 3.63) is 54.8 Å². The van der Waals surface area contributed by atoms with Crippen LogP contribution in [-0.2, 0) is 4.74 Å². The van der Waals surface area contributed by atoms with Crippen LogP contribution in [0.5, 0.6) is 5.75 Å². The first-order valence-electron chi connectivity index (χ1n) is 10.5. The summed E-state index contributed by atoms with van der Waals surface area (Å²) in [5.74, 6) is 3.10. The Hall–Kier alpha value is -2.29. The van der Waals surface area contributed by atoms with Gasteiger partial charge in [0, 0.05) is 12.3 Å². The molecule has 8 heteroatoms. The van der Waals surface area contributed by atoms with E-state index in [-0.39, 0.29) is 0 Å². The van der Waals surface area contributed by atoms with Crippen molar-refractivity contribution < 1.29 is 9.47 Å². The van der Waals surface area contributed by atoms with Crippen LogP contribution in [0.3, 0.4) is 0 Å². The zero-order valence-corrected chi connectivity index (χ0v) is 19.8. The number of nitrogens with one attached hydrogen (secondary N) is 1. The zero-order valence-electron chi connectivity index (χ0n) is 19.0. The smallest absolute Gasteiger partial charge is 0.219 e. The summed E-state index contributed by atoms with van der Waals surface area (Å²) >= 11 is 1.70. The van der Waals surface area contributed by atoms with Crippen LogP contribution in [0, 0.1) is 0 Å². The number of ether oxygens (including phenoxy) is 2. The molecular formula is C23H37N5O2S. The van der Waals surface area contributed by atoms with Gasteiger partial charge in [0.05, 0.1) is 12.4 Å². The summed E-state index contributed by atoms with van der Waals surface area (Å²) in [6.07, 6.45) is 8.54. The van der Waals surface area contributed by atoms with Crippen LogP contribution in [0.1, 0.15) is 13.3 Å². The maximum absolute atomic E-state index is 5.59. The minimum Gasteiger partial charge on any atom is -0.493 e. The van der Waals surface area contributed by atoms with Crippen molar-refractivity contribution in [3.8, 4) is 5.75 Å². The fourth-order valence-corrected chi connectivity index (χ4v) is 2.98. The number of allylic oxidation sites excluding steroid dienone is 1. The first kappa shape index (κ1) is 26.7. The second-order valence-electron chi connectivity index (χ2n) is 6.88. The standard InChI is InChI=1S/C14H17N3O2S.C9H20N2/c15-7-6-12-10-19-14(17-16-12)11-20-9-8-18-13-4-2-1-3-5-13;1-4-5-7-10-8-6-9-11(2)3/h1-7H,8-11,15H2;4-5,10H,6-9H2,1-3H3/b7-6+;5-4-. The summed E-state index contributed by atoms with van der Waals surface area (Å²) in [7, 11) is 4.21. The lowest BCUT2D eigenvalue weighted by Crippen LogP contribution is -2.21. The molecule has 0 bridgehead atoms. The Morgan fingerprint density at radius 1 is 1.26 bits per heavy atom. The van der Waals surface area contributed by atoms with E-state index in [0.29, 0.717) is 24.9 Å². The van der Waals surface area contributed by atoms with Crippen molar-refractivity contribution in [1.29, 1.82) is 0 Å². The summed E-state index contributed by atoms with van der Waals surface area (Å²) in [4.78, 5) is 2.21. The first-order valence-corrected chi connectivity index (χ1v) is 11.7. The van der Waals surface area contributed by atoms with Crippen LogP contribution in [-0.4, -0.2) is 75.0 Å². The number of para-hydroxylation sites is 1. The van der Waals surface area contributed by atoms with Crippen LogP contribution in [0.15, 0.2) is 65.0 Å². The Bertz CT molecular complexity index is 690. The van der Waals surface area contributed by atoms with E-state index in [9.17, 15) is 0 Å². The van der Waals surface area contributed by atoms with Crippen molar-refractivity contribution in [2.75, 3.05) is 58.4 Å². The number of rotatable bonds is 13. The zero-order chi connectivity index (χ0) is 22.6. The summed E-state index contributed by atoms with van der Waals surface area (Å²) in [5, 5.41) is 11.3. The second-order valence-corrected chi connectivity index (χ2v) is 7.98. The van der Waals surface area contributed by atoms with E-state index in [1.54, 1.807) is 17.8 Å². The molecule has 0 atom stereocenters. The van der Waals surface area contributed by atoms with Crippen LogP contribution < -0.4 is 15.8 Å². The normalized spacial score (nSPS) is 13.5. The maximum Gasteiger partial charge on any atom is 0.219 e. The van der Waals surface area contributed by atoms with Crippen molar-refractivity contribution >= 4 is 23.4 Å². The van der Waals surface area contributed by atoms with Crippen LogP contribution in [0.4, 0.5) is 0 Å². The molecule has 1 heterocycles. The SMILES string of the molecule is C/C=C\CNCCCN(C)C.N/C=C/C1=NN=C(CSCCOc2ccccc2)OC1. The Balaban J connectivity index is 0.000000373.